The van der Waals surface area contributed by atoms with Crippen molar-refractivity contribution in [2.45, 2.75) is 31.7 Å². The molecule has 0 saturated heterocycles. The van der Waals surface area contributed by atoms with E-state index in [0.717, 1.165) is 52.9 Å². The third kappa shape index (κ3) is 2.53. The fraction of sp³-hybridized carbons (Fsp3) is 0.300. The van der Waals surface area contributed by atoms with E-state index in [2.05, 4.69) is 26.7 Å². The second-order valence-corrected chi connectivity index (χ2v) is 7.23. The number of benzene rings is 1. The van der Waals surface area contributed by atoms with Crippen molar-refractivity contribution in [2.75, 3.05) is 11.9 Å². The maximum absolute atomic E-state index is 12.1. The molecule has 0 atom stereocenters. The number of nitriles is 1. The second kappa shape index (κ2) is 5.55. The van der Waals surface area contributed by atoms with Crippen LogP contribution in [0.5, 0.6) is 0 Å². The number of hydrogen-bond acceptors (Lipinski definition) is 5. The minimum atomic E-state index is -0.508. The minimum Gasteiger partial charge on any atom is -0.358 e. The van der Waals surface area contributed by atoms with Crippen LogP contribution in [0.1, 0.15) is 34.6 Å². The summed E-state index contributed by atoms with van der Waals surface area (Å²) in [5, 5.41) is 15.5. The predicted molar refractivity (Wildman–Crippen MR) is 101 cm³/mol. The molecule has 0 radical (unpaired) electrons. The number of fused-ring (bicyclic) bond motifs is 2. The summed E-state index contributed by atoms with van der Waals surface area (Å²) in [6.45, 7) is 2.54. The lowest BCUT2D eigenvalue weighted by Crippen LogP contribution is -2.31. The molecular weight excluding hydrogens is 340 g/mol. The molecule has 3 N–H and O–H groups in total. The molecule has 0 bridgehead atoms. The maximum Gasteiger partial charge on any atom is 0.253 e. The van der Waals surface area contributed by atoms with Crippen molar-refractivity contribution >= 4 is 22.8 Å². The van der Waals surface area contributed by atoms with Crippen LogP contribution >= 0.6 is 0 Å². The van der Waals surface area contributed by atoms with Gasteiger partial charge >= 0.3 is 0 Å². The van der Waals surface area contributed by atoms with Crippen molar-refractivity contribution in [1.29, 1.82) is 5.26 Å². The number of carbonyl (C=O) groups excluding carboxylic acids is 1. The average Bonchev–Trinajstić information content (AvgIpc) is 3.30. The number of aryl methyl sites for hydroxylation is 1. The van der Waals surface area contributed by atoms with E-state index in [-0.39, 0.29) is 5.91 Å². The van der Waals surface area contributed by atoms with E-state index in [1.165, 1.54) is 0 Å². The monoisotopic (exact) mass is 358 g/mol. The first-order valence-electron chi connectivity index (χ1n) is 9.06. The van der Waals surface area contributed by atoms with Crippen LogP contribution in [0.2, 0.25) is 0 Å². The van der Waals surface area contributed by atoms with Gasteiger partial charge in [-0.25, -0.2) is 9.97 Å². The van der Waals surface area contributed by atoms with Gasteiger partial charge in [0.15, 0.2) is 0 Å². The lowest BCUT2D eigenvalue weighted by atomic mass is 10.1. The van der Waals surface area contributed by atoms with Crippen LogP contribution in [0, 0.1) is 18.3 Å². The molecule has 134 valence electrons. The molecule has 1 aromatic carbocycles. The van der Waals surface area contributed by atoms with E-state index in [0.29, 0.717) is 17.9 Å². The molecule has 1 aliphatic heterocycles. The highest BCUT2D eigenvalue weighted by molar-refractivity contribution is 5.99. The number of carbonyl (C=O) groups is 1. The van der Waals surface area contributed by atoms with E-state index in [4.69, 9.17) is 4.98 Å². The third-order valence-corrected chi connectivity index (χ3v) is 5.29. The molecule has 3 aromatic rings. The van der Waals surface area contributed by atoms with Gasteiger partial charge in [0.1, 0.15) is 16.9 Å². The third-order valence-electron chi connectivity index (χ3n) is 5.29. The zero-order valence-corrected chi connectivity index (χ0v) is 14.9. The van der Waals surface area contributed by atoms with Gasteiger partial charge in [0.2, 0.25) is 0 Å². The Bertz CT molecular complexity index is 1140. The van der Waals surface area contributed by atoms with Crippen molar-refractivity contribution < 1.29 is 4.79 Å². The molecule has 3 heterocycles. The van der Waals surface area contributed by atoms with Gasteiger partial charge in [0.05, 0.1) is 22.8 Å². The molecule has 2 aliphatic rings. The molecule has 1 saturated carbocycles. The van der Waals surface area contributed by atoms with Crippen LogP contribution in [0.4, 0.5) is 5.82 Å². The van der Waals surface area contributed by atoms with Crippen LogP contribution < -0.4 is 10.6 Å². The Hall–Kier alpha value is -3.40. The first-order chi connectivity index (χ1) is 13.1. The number of para-hydroxylation sites is 1. The van der Waals surface area contributed by atoms with E-state index >= 15 is 0 Å². The summed E-state index contributed by atoms with van der Waals surface area (Å²) in [4.78, 5) is 24.9. The van der Waals surface area contributed by atoms with Crippen LogP contribution in [0.3, 0.4) is 0 Å². The highest BCUT2D eigenvalue weighted by Gasteiger charge is 2.44. The van der Waals surface area contributed by atoms with Gasteiger partial charge in [-0.05, 0) is 31.9 Å². The molecule has 1 amide bonds. The molecule has 5 rings (SSSR count). The largest absolute Gasteiger partial charge is 0.358 e. The highest BCUT2D eigenvalue weighted by Crippen LogP contribution is 2.39. The van der Waals surface area contributed by atoms with E-state index in [1.54, 1.807) is 0 Å². The molecule has 1 fully saturated rings. The summed E-state index contributed by atoms with van der Waals surface area (Å²) in [7, 11) is 0. The smallest absolute Gasteiger partial charge is 0.253 e. The van der Waals surface area contributed by atoms with E-state index in [1.807, 2.05) is 31.2 Å². The topological polar surface area (TPSA) is 106 Å². The summed E-state index contributed by atoms with van der Waals surface area (Å²) in [5.41, 5.74) is 5.18. The van der Waals surface area contributed by atoms with Crippen LogP contribution in [0.25, 0.3) is 22.3 Å². The summed E-state index contributed by atoms with van der Waals surface area (Å²) in [5.74, 6) is 0.594. The van der Waals surface area contributed by atoms with Crippen molar-refractivity contribution in [3.8, 4) is 17.3 Å². The number of hydrogen-bond donors (Lipinski definition) is 3. The van der Waals surface area contributed by atoms with E-state index in [9.17, 15) is 10.1 Å². The summed E-state index contributed by atoms with van der Waals surface area (Å²) in [6, 6.07) is 10.1. The normalized spacial score (nSPS) is 17.1. The Morgan fingerprint density at radius 1 is 1.26 bits per heavy atom. The summed E-state index contributed by atoms with van der Waals surface area (Å²) >= 11 is 0. The maximum atomic E-state index is 12.1. The zero-order chi connectivity index (χ0) is 18.6. The quantitative estimate of drug-likeness (QED) is 0.667. The van der Waals surface area contributed by atoms with Gasteiger partial charge < -0.3 is 15.6 Å². The average molecular weight is 358 g/mol. The number of anilines is 1. The molecule has 2 aromatic heterocycles. The molecule has 1 aliphatic carbocycles. The number of H-pyrrole nitrogens is 1. The standard InChI is InChI=1S/C20H18N6O/c1-11-18(26-20(10-21)6-7-20)25-17-12(3-2-4-15(17)23-11)16-9-13-14(24-16)5-8-22-19(13)27/h2-4,9,24H,5-8H2,1H3,(H,22,27)(H,25,26). The number of amides is 1. The molecule has 7 heteroatoms. The fourth-order valence-electron chi connectivity index (χ4n) is 3.56. The SMILES string of the molecule is Cc1nc2cccc(-c3cc4c([nH]3)CCNC4=O)c2nc1NC1(C#N)CC1. The number of aromatic amines is 1. The number of rotatable bonds is 3. The van der Waals surface area contributed by atoms with Gasteiger partial charge in [0, 0.05) is 29.9 Å². The molecular formula is C20H18N6O. The Labute approximate surface area is 155 Å². The van der Waals surface area contributed by atoms with Crippen molar-refractivity contribution in [2.24, 2.45) is 0 Å². The lowest BCUT2D eigenvalue weighted by molar-refractivity contribution is 0.0946. The number of nitrogens with zero attached hydrogens (tertiary/aromatic N) is 3. The van der Waals surface area contributed by atoms with Crippen LogP contribution in [-0.2, 0) is 6.42 Å². The molecule has 0 unspecified atom stereocenters. The molecule has 27 heavy (non-hydrogen) atoms. The number of nitrogens with one attached hydrogen (secondary N) is 3. The van der Waals surface area contributed by atoms with Crippen molar-refractivity contribution in [1.82, 2.24) is 20.3 Å². The van der Waals surface area contributed by atoms with Gasteiger partial charge in [-0.2, -0.15) is 5.26 Å². The first kappa shape index (κ1) is 15.8. The van der Waals surface area contributed by atoms with Crippen molar-refractivity contribution in [3.05, 3.63) is 41.2 Å². The lowest BCUT2D eigenvalue weighted by Gasteiger charge is -2.14. The first-order valence-corrected chi connectivity index (χ1v) is 9.06. The highest BCUT2D eigenvalue weighted by atomic mass is 16.1. The Kier molecular flexibility index (Phi) is 3.25. The summed E-state index contributed by atoms with van der Waals surface area (Å²) < 4.78 is 0. The molecule has 0 spiro atoms. The Morgan fingerprint density at radius 3 is 2.85 bits per heavy atom. The van der Waals surface area contributed by atoms with Gasteiger partial charge in [-0.1, -0.05) is 12.1 Å². The van der Waals surface area contributed by atoms with Gasteiger partial charge in [-0.3, -0.25) is 4.79 Å². The zero-order valence-electron chi connectivity index (χ0n) is 14.9. The number of aromatic nitrogens is 3. The molecule has 7 nitrogen and oxygen atoms in total. The Balaban J connectivity index is 1.65. The fourth-order valence-corrected chi connectivity index (χ4v) is 3.56. The van der Waals surface area contributed by atoms with Crippen molar-refractivity contribution in [3.63, 3.8) is 0 Å². The van der Waals surface area contributed by atoms with Crippen LogP contribution in [0.15, 0.2) is 24.3 Å². The van der Waals surface area contributed by atoms with Gasteiger partial charge in [-0.15, -0.1) is 0 Å². The second-order valence-electron chi connectivity index (χ2n) is 7.23. The minimum absolute atomic E-state index is 0.0482. The van der Waals surface area contributed by atoms with E-state index < -0.39 is 5.54 Å². The van der Waals surface area contributed by atoms with Gasteiger partial charge in [0.25, 0.3) is 5.91 Å². The Morgan fingerprint density at radius 2 is 2.11 bits per heavy atom. The summed E-state index contributed by atoms with van der Waals surface area (Å²) in [6.07, 6.45) is 2.43. The predicted octanol–water partition coefficient (Wildman–Crippen LogP) is 2.69. The van der Waals surface area contributed by atoms with Crippen LogP contribution in [-0.4, -0.2) is 32.9 Å².